The number of amides is 1. The van der Waals surface area contributed by atoms with Crippen LogP contribution in [0.25, 0.3) is 0 Å². The summed E-state index contributed by atoms with van der Waals surface area (Å²) in [7, 11) is 0. The number of anilines is 1. The van der Waals surface area contributed by atoms with E-state index in [9.17, 15) is 22.8 Å². The van der Waals surface area contributed by atoms with Gasteiger partial charge in [-0.05, 0) is 17.5 Å². The molecule has 4 rings (SSSR count). The number of fused-ring (bicyclic) bond motifs is 1. The van der Waals surface area contributed by atoms with Crippen molar-refractivity contribution in [3.8, 4) is 0 Å². The van der Waals surface area contributed by atoms with E-state index in [4.69, 9.17) is 5.73 Å². The molecular formula is C24H23F3N4O2. The molecule has 0 saturated heterocycles. The molecule has 0 spiro atoms. The second-order valence-electron chi connectivity index (χ2n) is 7.97. The highest BCUT2D eigenvalue weighted by Gasteiger charge is 2.32. The van der Waals surface area contributed by atoms with Gasteiger partial charge < -0.3 is 10.6 Å². The third-order valence-electron chi connectivity index (χ3n) is 5.76. The van der Waals surface area contributed by atoms with Crippen LogP contribution in [0.4, 0.5) is 19.1 Å². The first-order valence-corrected chi connectivity index (χ1v) is 10.6. The molecule has 1 aliphatic rings. The summed E-state index contributed by atoms with van der Waals surface area (Å²) >= 11 is 0. The number of rotatable bonds is 5. The van der Waals surface area contributed by atoms with Gasteiger partial charge >= 0.3 is 6.18 Å². The van der Waals surface area contributed by atoms with E-state index in [2.05, 4.69) is 4.98 Å². The van der Waals surface area contributed by atoms with Crippen LogP contribution in [0.1, 0.15) is 41.3 Å². The first kappa shape index (κ1) is 22.6. The van der Waals surface area contributed by atoms with Crippen molar-refractivity contribution in [2.75, 3.05) is 12.3 Å². The first-order valence-electron chi connectivity index (χ1n) is 10.6. The Hall–Kier alpha value is -3.62. The van der Waals surface area contributed by atoms with E-state index in [1.807, 2.05) is 60.7 Å². The number of nitrogens with zero attached hydrogens (tertiary/aromatic N) is 3. The molecule has 9 heteroatoms. The van der Waals surface area contributed by atoms with Crippen molar-refractivity contribution < 1.29 is 18.0 Å². The highest BCUT2D eigenvalue weighted by molar-refractivity contribution is 5.76. The van der Waals surface area contributed by atoms with Gasteiger partial charge in [0.1, 0.15) is 0 Å². The lowest BCUT2D eigenvalue weighted by Crippen LogP contribution is -2.42. The van der Waals surface area contributed by atoms with Crippen LogP contribution < -0.4 is 11.3 Å². The van der Waals surface area contributed by atoms with Gasteiger partial charge in [-0.25, -0.2) is 4.98 Å². The molecule has 0 atom stereocenters. The third-order valence-corrected chi connectivity index (χ3v) is 5.76. The van der Waals surface area contributed by atoms with Crippen molar-refractivity contribution in [1.82, 2.24) is 14.5 Å². The van der Waals surface area contributed by atoms with Crippen LogP contribution in [0.5, 0.6) is 0 Å². The van der Waals surface area contributed by atoms with Crippen LogP contribution in [0.3, 0.4) is 0 Å². The number of hydrogen-bond acceptors (Lipinski definition) is 4. The van der Waals surface area contributed by atoms with Gasteiger partial charge in [0.05, 0.1) is 24.7 Å². The van der Waals surface area contributed by atoms with Crippen LogP contribution in [0, 0.1) is 0 Å². The van der Waals surface area contributed by atoms with E-state index >= 15 is 0 Å². The van der Waals surface area contributed by atoms with Crippen LogP contribution in [0.2, 0.25) is 0 Å². The highest BCUT2D eigenvalue weighted by atomic mass is 19.4. The van der Waals surface area contributed by atoms with E-state index in [1.165, 1.54) is 9.47 Å². The summed E-state index contributed by atoms with van der Waals surface area (Å²) in [6, 6.07) is 18.4. The van der Waals surface area contributed by atoms with E-state index in [0.29, 0.717) is 11.3 Å². The van der Waals surface area contributed by atoms with E-state index in [-0.39, 0.29) is 31.0 Å². The minimum atomic E-state index is -4.40. The monoisotopic (exact) mass is 456 g/mol. The molecular weight excluding hydrogens is 433 g/mol. The number of nitrogen functional groups attached to an aromatic ring is 1. The van der Waals surface area contributed by atoms with Gasteiger partial charge in [-0.1, -0.05) is 60.7 Å². The van der Waals surface area contributed by atoms with Gasteiger partial charge in [0.25, 0.3) is 5.56 Å². The summed E-state index contributed by atoms with van der Waals surface area (Å²) in [5.74, 6) is -0.630. The summed E-state index contributed by atoms with van der Waals surface area (Å²) in [5.41, 5.74) is 8.44. The molecule has 172 valence electrons. The molecule has 0 saturated carbocycles. The average Bonchev–Trinajstić information content (AvgIpc) is 2.80. The van der Waals surface area contributed by atoms with Crippen molar-refractivity contribution in [2.45, 2.75) is 38.0 Å². The SMILES string of the molecule is Nc1nc2c(c(=O)n1C(c1ccccc1)c1ccccc1)CCN(C(=O)CCC(F)(F)F)C2. The maximum atomic E-state index is 13.5. The van der Waals surface area contributed by atoms with Crippen LogP contribution in [0.15, 0.2) is 65.5 Å². The summed E-state index contributed by atoms with van der Waals surface area (Å²) in [5, 5.41) is 0. The minimum absolute atomic E-state index is 0.0129. The number of benzene rings is 2. The number of halogens is 3. The number of nitrogens with two attached hydrogens (primary N) is 1. The Kier molecular flexibility index (Phi) is 6.22. The quantitative estimate of drug-likeness (QED) is 0.635. The van der Waals surface area contributed by atoms with Gasteiger partial charge in [0, 0.05) is 18.5 Å². The fourth-order valence-electron chi connectivity index (χ4n) is 4.15. The summed E-state index contributed by atoms with van der Waals surface area (Å²) in [4.78, 5) is 31.5. The third kappa shape index (κ3) is 4.92. The Morgan fingerprint density at radius 1 is 1.03 bits per heavy atom. The van der Waals surface area contributed by atoms with Crippen molar-refractivity contribution >= 4 is 11.9 Å². The van der Waals surface area contributed by atoms with Crippen LogP contribution in [-0.2, 0) is 17.8 Å². The lowest BCUT2D eigenvalue weighted by atomic mass is 9.97. The van der Waals surface area contributed by atoms with Crippen molar-refractivity contribution in [3.05, 3.63) is 93.4 Å². The maximum Gasteiger partial charge on any atom is 0.389 e. The first-order chi connectivity index (χ1) is 15.7. The van der Waals surface area contributed by atoms with Crippen LogP contribution >= 0.6 is 0 Å². The summed E-state index contributed by atoms with van der Waals surface area (Å²) in [6.07, 6.45) is -6.00. The van der Waals surface area contributed by atoms with Crippen molar-refractivity contribution in [3.63, 3.8) is 0 Å². The standard InChI is InChI=1S/C24H23F3N4O2/c25-24(26,27)13-11-20(32)30-14-12-18-19(15-30)29-23(28)31(22(18)33)21(16-7-3-1-4-8-16)17-9-5-2-6-10-17/h1-10,21H,11-15H2,(H2,28,29). The number of carbonyl (C=O) groups excluding carboxylic acids is 1. The molecule has 33 heavy (non-hydrogen) atoms. The van der Waals surface area contributed by atoms with Crippen molar-refractivity contribution in [1.29, 1.82) is 0 Å². The van der Waals surface area contributed by atoms with E-state index < -0.39 is 31.0 Å². The molecule has 3 aromatic rings. The second kappa shape index (κ2) is 9.09. The van der Waals surface area contributed by atoms with Gasteiger partial charge in [-0.15, -0.1) is 0 Å². The molecule has 2 heterocycles. The Bertz CT molecular complexity index is 1150. The summed E-state index contributed by atoms with van der Waals surface area (Å²) in [6.45, 7) is 0.125. The smallest absolute Gasteiger partial charge is 0.369 e. The van der Waals surface area contributed by atoms with Gasteiger partial charge in [0.15, 0.2) is 0 Å². The van der Waals surface area contributed by atoms with E-state index in [1.54, 1.807) is 0 Å². The zero-order valence-corrected chi connectivity index (χ0v) is 17.8. The zero-order chi connectivity index (χ0) is 23.6. The number of carbonyl (C=O) groups is 1. The average molecular weight is 456 g/mol. The fraction of sp³-hybridized carbons (Fsp3) is 0.292. The number of aromatic nitrogens is 2. The fourth-order valence-corrected chi connectivity index (χ4v) is 4.15. The predicted molar refractivity (Wildman–Crippen MR) is 117 cm³/mol. The molecule has 0 fully saturated rings. The topological polar surface area (TPSA) is 81.2 Å². The molecule has 6 nitrogen and oxygen atoms in total. The van der Waals surface area contributed by atoms with Crippen LogP contribution in [-0.4, -0.2) is 33.1 Å². The molecule has 0 bridgehead atoms. The molecule has 0 radical (unpaired) electrons. The largest absolute Gasteiger partial charge is 0.389 e. The Labute approximate surface area is 188 Å². The molecule has 2 N–H and O–H groups in total. The number of hydrogen-bond donors (Lipinski definition) is 1. The number of alkyl halides is 3. The van der Waals surface area contributed by atoms with Crippen molar-refractivity contribution in [2.24, 2.45) is 0 Å². The molecule has 1 aliphatic heterocycles. The highest BCUT2D eigenvalue weighted by Crippen LogP contribution is 2.29. The zero-order valence-electron chi connectivity index (χ0n) is 17.8. The Morgan fingerprint density at radius 3 is 2.15 bits per heavy atom. The molecule has 0 unspecified atom stereocenters. The molecule has 2 aromatic carbocycles. The summed E-state index contributed by atoms with van der Waals surface area (Å²) < 4.78 is 38.9. The predicted octanol–water partition coefficient (Wildman–Crippen LogP) is 3.69. The normalized spacial score (nSPS) is 13.8. The Morgan fingerprint density at radius 2 is 1.61 bits per heavy atom. The van der Waals surface area contributed by atoms with E-state index in [0.717, 1.165) is 11.1 Å². The lowest BCUT2D eigenvalue weighted by molar-refractivity contribution is -0.149. The van der Waals surface area contributed by atoms with Gasteiger partial charge in [-0.3, -0.25) is 14.2 Å². The molecule has 1 aromatic heterocycles. The second-order valence-corrected chi connectivity index (χ2v) is 7.97. The van der Waals surface area contributed by atoms with Gasteiger partial charge in [0.2, 0.25) is 11.9 Å². The Balaban J connectivity index is 1.70. The molecule has 1 amide bonds. The van der Waals surface area contributed by atoms with Gasteiger partial charge in [-0.2, -0.15) is 13.2 Å². The molecule has 0 aliphatic carbocycles. The lowest BCUT2D eigenvalue weighted by Gasteiger charge is -2.30. The minimum Gasteiger partial charge on any atom is -0.369 e. The maximum absolute atomic E-state index is 13.5.